The van der Waals surface area contributed by atoms with Gasteiger partial charge in [0.1, 0.15) is 5.82 Å². The molecule has 3 rings (SSSR count). The number of aromatic nitrogens is 3. The number of piperidine rings is 1. The molecule has 4 heteroatoms. The van der Waals surface area contributed by atoms with Crippen molar-refractivity contribution in [2.75, 3.05) is 19.6 Å². The molecule has 2 aliphatic rings. The molecule has 18 heavy (non-hydrogen) atoms. The second kappa shape index (κ2) is 5.00. The van der Waals surface area contributed by atoms with Crippen LogP contribution in [0.1, 0.15) is 50.7 Å². The highest BCUT2D eigenvalue weighted by atomic mass is 15.4. The van der Waals surface area contributed by atoms with E-state index in [9.17, 15) is 0 Å². The summed E-state index contributed by atoms with van der Waals surface area (Å²) in [6.45, 7) is 9.17. The first-order valence-corrected chi connectivity index (χ1v) is 7.42. The van der Waals surface area contributed by atoms with Crippen LogP contribution in [0.4, 0.5) is 0 Å². The Balaban J connectivity index is 1.76. The van der Waals surface area contributed by atoms with Gasteiger partial charge in [0.05, 0.1) is 0 Å². The van der Waals surface area contributed by atoms with E-state index in [0.717, 1.165) is 37.8 Å². The molecule has 0 radical (unpaired) electrons. The molecular formula is C14H24N4. The summed E-state index contributed by atoms with van der Waals surface area (Å²) in [5, 5.41) is 4.77. The molecule has 2 atom stereocenters. The highest BCUT2D eigenvalue weighted by Gasteiger charge is 2.26. The topological polar surface area (TPSA) is 34.0 Å². The highest BCUT2D eigenvalue weighted by Crippen LogP contribution is 2.26. The molecule has 0 spiro atoms. The van der Waals surface area contributed by atoms with E-state index < -0.39 is 0 Å². The third kappa shape index (κ3) is 2.30. The fourth-order valence-electron chi connectivity index (χ4n) is 3.21. The summed E-state index contributed by atoms with van der Waals surface area (Å²) in [6, 6.07) is 0. The molecule has 0 aromatic carbocycles. The van der Waals surface area contributed by atoms with Crippen LogP contribution in [0.5, 0.6) is 0 Å². The second-order valence-corrected chi connectivity index (χ2v) is 5.94. The van der Waals surface area contributed by atoms with Crippen molar-refractivity contribution in [2.24, 2.45) is 5.92 Å². The quantitative estimate of drug-likeness (QED) is 0.803. The minimum absolute atomic E-state index is 0.562. The normalized spacial score (nSPS) is 29.2. The van der Waals surface area contributed by atoms with E-state index in [0.29, 0.717) is 5.92 Å². The van der Waals surface area contributed by atoms with Crippen LogP contribution in [-0.4, -0.2) is 39.3 Å². The van der Waals surface area contributed by atoms with Crippen molar-refractivity contribution in [2.45, 2.75) is 52.0 Å². The molecule has 2 aliphatic heterocycles. The number of rotatable bonds is 2. The number of hydrogen-bond donors (Lipinski definition) is 0. The van der Waals surface area contributed by atoms with Crippen molar-refractivity contribution in [3.63, 3.8) is 0 Å². The fraction of sp³-hybridized carbons (Fsp3) is 0.857. The molecular weight excluding hydrogens is 224 g/mol. The van der Waals surface area contributed by atoms with Gasteiger partial charge >= 0.3 is 0 Å². The summed E-state index contributed by atoms with van der Waals surface area (Å²) >= 11 is 0. The van der Waals surface area contributed by atoms with Crippen molar-refractivity contribution in [1.82, 2.24) is 19.7 Å². The summed E-state index contributed by atoms with van der Waals surface area (Å²) in [5.74, 6) is 3.65. The molecule has 1 aromatic heterocycles. The number of nitrogens with zero attached hydrogens (tertiary/aromatic N) is 4. The Morgan fingerprint density at radius 1 is 1.28 bits per heavy atom. The van der Waals surface area contributed by atoms with E-state index in [1.165, 1.54) is 31.6 Å². The summed E-state index contributed by atoms with van der Waals surface area (Å²) < 4.78 is 2.16. The van der Waals surface area contributed by atoms with Crippen LogP contribution < -0.4 is 0 Å². The van der Waals surface area contributed by atoms with Gasteiger partial charge in [-0.3, -0.25) is 0 Å². The maximum Gasteiger partial charge on any atom is 0.155 e. The molecule has 0 amide bonds. The summed E-state index contributed by atoms with van der Waals surface area (Å²) in [5.41, 5.74) is 0. The molecule has 0 saturated carbocycles. The Bertz CT molecular complexity index is 412. The van der Waals surface area contributed by atoms with Gasteiger partial charge in [-0.1, -0.05) is 13.8 Å². The van der Waals surface area contributed by atoms with Gasteiger partial charge in [-0.25, -0.2) is 9.67 Å². The van der Waals surface area contributed by atoms with Crippen molar-refractivity contribution < 1.29 is 0 Å². The third-order valence-corrected chi connectivity index (χ3v) is 4.43. The van der Waals surface area contributed by atoms with Gasteiger partial charge in [-0.05, 0) is 38.3 Å². The zero-order valence-electron chi connectivity index (χ0n) is 11.6. The van der Waals surface area contributed by atoms with E-state index in [-0.39, 0.29) is 0 Å². The zero-order valence-corrected chi connectivity index (χ0v) is 11.6. The van der Waals surface area contributed by atoms with Crippen molar-refractivity contribution in [3.8, 4) is 0 Å². The third-order valence-electron chi connectivity index (χ3n) is 4.43. The number of fused-ring (bicyclic) bond motifs is 1. The number of aryl methyl sites for hydroxylation is 1. The second-order valence-electron chi connectivity index (χ2n) is 5.94. The van der Waals surface area contributed by atoms with Gasteiger partial charge in [-0.2, -0.15) is 5.10 Å². The maximum atomic E-state index is 4.80. The van der Waals surface area contributed by atoms with Crippen LogP contribution in [0.3, 0.4) is 0 Å². The summed E-state index contributed by atoms with van der Waals surface area (Å²) in [4.78, 5) is 7.33. The van der Waals surface area contributed by atoms with E-state index in [1.54, 1.807) is 0 Å². The highest BCUT2D eigenvalue weighted by molar-refractivity contribution is 5.03. The van der Waals surface area contributed by atoms with Crippen LogP contribution in [0.25, 0.3) is 0 Å². The Morgan fingerprint density at radius 3 is 3.00 bits per heavy atom. The summed E-state index contributed by atoms with van der Waals surface area (Å²) in [6.07, 6.45) is 4.93. The first kappa shape index (κ1) is 12.2. The van der Waals surface area contributed by atoms with Crippen LogP contribution in [0, 0.1) is 5.92 Å². The Labute approximate surface area is 109 Å². The minimum atomic E-state index is 0.562. The molecule has 100 valence electrons. The van der Waals surface area contributed by atoms with Crippen LogP contribution in [0.2, 0.25) is 0 Å². The van der Waals surface area contributed by atoms with Gasteiger partial charge < -0.3 is 4.90 Å². The standard InChI is InChI=1S/C14H24N4/c1-3-17-8-4-5-12(10-17)14-15-13-7-6-11(2)9-18(13)16-14/h11-12H,3-10H2,1-2H3. The lowest BCUT2D eigenvalue weighted by atomic mass is 9.97. The number of likely N-dealkylation sites (tertiary alicyclic amines) is 1. The molecule has 0 N–H and O–H groups in total. The van der Waals surface area contributed by atoms with E-state index >= 15 is 0 Å². The first-order valence-electron chi connectivity index (χ1n) is 7.42. The Kier molecular flexibility index (Phi) is 3.37. The Hall–Kier alpha value is -0.900. The lowest BCUT2D eigenvalue weighted by Crippen LogP contribution is -2.34. The van der Waals surface area contributed by atoms with Gasteiger partial charge in [0.25, 0.3) is 0 Å². The average molecular weight is 248 g/mol. The van der Waals surface area contributed by atoms with E-state index in [1.807, 2.05) is 0 Å². The molecule has 1 aromatic rings. The van der Waals surface area contributed by atoms with E-state index in [4.69, 9.17) is 10.1 Å². The molecule has 4 nitrogen and oxygen atoms in total. The lowest BCUT2D eigenvalue weighted by Gasteiger charge is -2.30. The lowest BCUT2D eigenvalue weighted by molar-refractivity contribution is 0.213. The molecule has 3 heterocycles. The summed E-state index contributed by atoms with van der Waals surface area (Å²) in [7, 11) is 0. The van der Waals surface area contributed by atoms with Crippen LogP contribution >= 0.6 is 0 Å². The number of hydrogen-bond acceptors (Lipinski definition) is 3. The van der Waals surface area contributed by atoms with Gasteiger partial charge in [0, 0.05) is 25.4 Å². The molecule has 1 fully saturated rings. The molecule has 0 bridgehead atoms. The molecule has 2 unspecified atom stereocenters. The van der Waals surface area contributed by atoms with Gasteiger partial charge in [-0.15, -0.1) is 0 Å². The predicted octanol–water partition coefficient (Wildman–Crippen LogP) is 2.06. The first-order chi connectivity index (χ1) is 8.76. The number of likely N-dealkylation sites (N-methyl/N-ethyl adjacent to an activating group) is 1. The van der Waals surface area contributed by atoms with Crippen molar-refractivity contribution >= 4 is 0 Å². The van der Waals surface area contributed by atoms with Gasteiger partial charge in [0.15, 0.2) is 5.82 Å². The van der Waals surface area contributed by atoms with Crippen LogP contribution in [0.15, 0.2) is 0 Å². The average Bonchev–Trinajstić information content (AvgIpc) is 2.81. The maximum absolute atomic E-state index is 4.80. The fourth-order valence-corrected chi connectivity index (χ4v) is 3.21. The van der Waals surface area contributed by atoms with Crippen LogP contribution in [-0.2, 0) is 13.0 Å². The van der Waals surface area contributed by atoms with E-state index in [2.05, 4.69) is 23.4 Å². The van der Waals surface area contributed by atoms with Crippen molar-refractivity contribution in [3.05, 3.63) is 11.6 Å². The Morgan fingerprint density at radius 2 is 2.17 bits per heavy atom. The largest absolute Gasteiger partial charge is 0.303 e. The zero-order chi connectivity index (χ0) is 12.5. The smallest absolute Gasteiger partial charge is 0.155 e. The molecule has 1 saturated heterocycles. The SMILES string of the molecule is CCN1CCCC(c2nc3n(n2)CC(C)CC3)C1. The minimum Gasteiger partial charge on any atom is -0.303 e. The van der Waals surface area contributed by atoms with Gasteiger partial charge in [0.2, 0.25) is 0 Å². The predicted molar refractivity (Wildman–Crippen MR) is 71.6 cm³/mol. The molecule has 0 aliphatic carbocycles. The van der Waals surface area contributed by atoms with Crippen molar-refractivity contribution in [1.29, 1.82) is 0 Å². The monoisotopic (exact) mass is 248 g/mol.